The van der Waals surface area contributed by atoms with Crippen molar-refractivity contribution in [3.8, 4) is 0 Å². The van der Waals surface area contributed by atoms with Crippen LogP contribution in [0.25, 0.3) is 10.9 Å². The summed E-state index contributed by atoms with van der Waals surface area (Å²) in [5.74, 6) is 0. The first kappa shape index (κ1) is 9.28. The summed E-state index contributed by atoms with van der Waals surface area (Å²) in [7, 11) is 0. The fraction of sp³-hybridized carbons (Fsp3) is 0.333. The third-order valence-electron chi connectivity index (χ3n) is 2.57. The van der Waals surface area contributed by atoms with Gasteiger partial charge in [-0.25, -0.2) is 0 Å². The summed E-state index contributed by atoms with van der Waals surface area (Å²) in [6, 6.07) is 8.59. The van der Waals surface area contributed by atoms with Gasteiger partial charge in [0.05, 0.1) is 0 Å². The lowest BCUT2D eigenvalue weighted by Gasteiger charge is -1.94. The molecule has 0 aliphatic carbocycles. The minimum Gasteiger partial charge on any atom is -0.358 e. The Hall–Kier alpha value is -1.28. The number of hydrogen-bond acceptors (Lipinski definition) is 1. The predicted octanol–water partition coefficient (Wildman–Crippen LogP) is 2.37. The van der Waals surface area contributed by atoms with E-state index in [1.54, 1.807) is 0 Å². The van der Waals surface area contributed by atoms with Gasteiger partial charge in [0.25, 0.3) is 0 Å². The molecule has 0 atom stereocenters. The Labute approximate surface area is 84.1 Å². The van der Waals surface area contributed by atoms with Gasteiger partial charge < -0.3 is 10.7 Å². The molecule has 2 heteroatoms. The Morgan fingerprint density at radius 2 is 2.21 bits per heavy atom. The number of fused-ring (bicyclic) bond motifs is 1. The van der Waals surface area contributed by atoms with E-state index in [4.69, 9.17) is 5.73 Å². The van der Waals surface area contributed by atoms with Gasteiger partial charge in [-0.05, 0) is 43.3 Å². The van der Waals surface area contributed by atoms with Crippen molar-refractivity contribution in [1.29, 1.82) is 0 Å². The van der Waals surface area contributed by atoms with Crippen LogP contribution in [0.2, 0.25) is 0 Å². The second kappa shape index (κ2) is 3.84. The number of aryl methyl sites for hydroxylation is 2. The lowest BCUT2D eigenvalue weighted by atomic mass is 10.1. The summed E-state index contributed by atoms with van der Waals surface area (Å²) in [5, 5.41) is 1.30. The maximum atomic E-state index is 5.49. The maximum Gasteiger partial charge on any atom is 0.0485 e. The van der Waals surface area contributed by atoms with Crippen molar-refractivity contribution in [2.75, 3.05) is 6.54 Å². The topological polar surface area (TPSA) is 41.8 Å². The highest BCUT2D eigenvalue weighted by Gasteiger charge is 2.01. The molecular weight excluding hydrogens is 172 g/mol. The Morgan fingerprint density at radius 3 is 2.93 bits per heavy atom. The predicted molar refractivity (Wildman–Crippen MR) is 60.4 cm³/mol. The van der Waals surface area contributed by atoms with E-state index in [9.17, 15) is 0 Å². The number of para-hydroxylation sites is 1. The zero-order valence-corrected chi connectivity index (χ0v) is 8.51. The van der Waals surface area contributed by atoms with Gasteiger partial charge >= 0.3 is 0 Å². The van der Waals surface area contributed by atoms with Crippen molar-refractivity contribution in [3.05, 3.63) is 35.5 Å². The quantitative estimate of drug-likeness (QED) is 0.763. The summed E-state index contributed by atoms with van der Waals surface area (Å²) in [6.45, 7) is 2.89. The van der Waals surface area contributed by atoms with Crippen LogP contribution in [0.4, 0.5) is 0 Å². The van der Waals surface area contributed by atoms with Crippen molar-refractivity contribution in [2.45, 2.75) is 19.8 Å². The average molecular weight is 188 g/mol. The number of aromatic amines is 1. The van der Waals surface area contributed by atoms with Crippen molar-refractivity contribution >= 4 is 10.9 Å². The SMILES string of the molecule is Cc1cccc2cc(CCCN)[nH]c12. The zero-order valence-electron chi connectivity index (χ0n) is 8.51. The Kier molecular flexibility index (Phi) is 2.55. The van der Waals surface area contributed by atoms with Gasteiger partial charge in [-0.3, -0.25) is 0 Å². The van der Waals surface area contributed by atoms with Crippen LogP contribution in [0.5, 0.6) is 0 Å². The maximum absolute atomic E-state index is 5.49. The first-order valence-electron chi connectivity index (χ1n) is 5.08. The van der Waals surface area contributed by atoms with Crippen LogP contribution in [-0.2, 0) is 6.42 Å². The summed E-state index contributed by atoms with van der Waals surface area (Å²) in [4.78, 5) is 3.44. The van der Waals surface area contributed by atoms with E-state index in [2.05, 4.69) is 36.2 Å². The molecule has 1 aromatic carbocycles. The molecule has 0 bridgehead atoms. The number of nitrogens with one attached hydrogen (secondary N) is 1. The molecule has 2 aromatic rings. The van der Waals surface area contributed by atoms with E-state index in [-0.39, 0.29) is 0 Å². The van der Waals surface area contributed by atoms with Gasteiger partial charge in [0.15, 0.2) is 0 Å². The number of nitrogens with two attached hydrogens (primary N) is 1. The lowest BCUT2D eigenvalue weighted by Crippen LogP contribution is -2.00. The molecule has 0 unspecified atom stereocenters. The fourth-order valence-electron chi connectivity index (χ4n) is 1.79. The average Bonchev–Trinajstić information content (AvgIpc) is 2.59. The molecule has 2 rings (SSSR count). The zero-order chi connectivity index (χ0) is 9.97. The third kappa shape index (κ3) is 1.66. The van der Waals surface area contributed by atoms with E-state index < -0.39 is 0 Å². The number of H-pyrrole nitrogens is 1. The first-order valence-corrected chi connectivity index (χ1v) is 5.08. The molecular formula is C12H16N2. The molecule has 0 aliphatic heterocycles. The van der Waals surface area contributed by atoms with Crippen molar-refractivity contribution in [2.24, 2.45) is 5.73 Å². The highest BCUT2D eigenvalue weighted by atomic mass is 14.7. The normalized spacial score (nSPS) is 11.0. The molecule has 3 N–H and O–H groups in total. The molecule has 14 heavy (non-hydrogen) atoms. The van der Waals surface area contributed by atoms with Crippen molar-refractivity contribution in [1.82, 2.24) is 4.98 Å². The molecule has 2 nitrogen and oxygen atoms in total. The van der Waals surface area contributed by atoms with Crippen LogP contribution in [-0.4, -0.2) is 11.5 Å². The summed E-state index contributed by atoms with van der Waals surface area (Å²) < 4.78 is 0. The number of aromatic nitrogens is 1. The second-order valence-electron chi connectivity index (χ2n) is 3.73. The highest BCUT2D eigenvalue weighted by molar-refractivity contribution is 5.83. The van der Waals surface area contributed by atoms with Crippen LogP contribution in [0, 0.1) is 6.92 Å². The van der Waals surface area contributed by atoms with Crippen LogP contribution >= 0.6 is 0 Å². The molecule has 0 fully saturated rings. The van der Waals surface area contributed by atoms with Crippen molar-refractivity contribution in [3.63, 3.8) is 0 Å². The van der Waals surface area contributed by atoms with Gasteiger partial charge in [0, 0.05) is 11.2 Å². The number of hydrogen-bond donors (Lipinski definition) is 2. The summed E-state index contributed by atoms with van der Waals surface area (Å²) in [5.41, 5.74) is 9.35. The van der Waals surface area contributed by atoms with Crippen LogP contribution in [0.1, 0.15) is 17.7 Å². The molecule has 0 radical (unpaired) electrons. The second-order valence-corrected chi connectivity index (χ2v) is 3.73. The van der Waals surface area contributed by atoms with E-state index in [0.29, 0.717) is 0 Å². The molecule has 0 aliphatic rings. The minimum atomic E-state index is 0.758. The van der Waals surface area contributed by atoms with E-state index in [1.165, 1.54) is 22.2 Å². The standard InChI is InChI=1S/C12H16N2/c1-9-4-2-5-10-8-11(6-3-7-13)14-12(9)10/h2,4-5,8,14H,3,6-7,13H2,1H3. The third-order valence-corrected chi connectivity index (χ3v) is 2.57. The molecule has 0 saturated heterocycles. The molecule has 1 heterocycles. The summed E-state index contributed by atoms with van der Waals surface area (Å²) in [6.07, 6.45) is 2.09. The molecule has 74 valence electrons. The van der Waals surface area contributed by atoms with Crippen LogP contribution < -0.4 is 5.73 Å². The van der Waals surface area contributed by atoms with Gasteiger partial charge in [-0.2, -0.15) is 0 Å². The minimum absolute atomic E-state index is 0.758. The summed E-state index contributed by atoms with van der Waals surface area (Å²) >= 11 is 0. The van der Waals surface area contributed by atoms with Crippen LogP contribution in [0.3, 0.4) is 0 Å². The van der Waals surface area contributed by atoms with Gasteiger partial charge in [0.2, 0.25) is 0 Å². The molecule has 0 spiro atoms. The van der Waals surface area contributed by atoms with Gasteiger partial charge in [0.1, 0.15) is 0 Å². The monoisotopic (exact) mass is 188 g/mol. The molecule has 0 saturated carbocycles. The smallest absolute Gasteiger partial charge is 0.0485 e. The van der Waals surface area contributed by atoms with Crippen LogP contribution in [0.15, 0.2) is 24.3 Å². The number of benzene rings is 1. The van der Waals surface area contributed by atoms with E-state index in [0.717, 1.165) is 19.4 Å². The molecule has 0 amide bonds. The lowest BCUT2D eigenvalue weighted by molar-refractivity contribution is 0.817. The first-order chi connectivity index (χ1) is 6.81. The fourth-order valence-corrected chi connectivity index (χ4v) is 1.79. The van der Waals surface area contributed by atoms with E-state index in [1.807, 2.05) is 0 Å². The van der Waals surface area contributed by atoms with Gasteiger partial charge in [-0.1, -0.05) is 18.2 Å². The Morgan fingerprint density at radius 1 is 1.36 bits per heavy atom. The number of rotatable bonds is 3. The Bertz CT molecular complexity index is 429. The van der Waals surface area contributed by atoms with Gasteiger partial charge in [-0.15, -0.1) is 0 Å². The Balaban J connectivity index is 2.36. The highest BCUT2D eigenvalue weighted by Crippen LogP contribution is 2.19. The van der Waals surface area contributed by atoms with Crippen molar-refractivity contribution < 1.29 is 0 Å². The van der Waals surface area contributed by atoms with E-state index >= 15 is 0 Å². The molecule has 1 aromatic heterocycles. The largest absolute Gasteiger partial charge is 0.358 e.